The molecule has 432 valence electrons. The molecular formula is C47H70N4O26+2. The number of phenolic OH excluding ortho intramolecular Hbond substituents is 2. The summed E-state index contributed by atoms with van der Waals surface area (Å²) in [5, 5.41) is 121. The predicted octanol–water partition coefficient (Wildman–Crippen LogP) is -8.19. The van der Waals surface area contributed by atoms with Gasteiger partial charge in [0.25, 0.3) is 0 Å². The fraction of sp³-hybridized carbons (Fsp3) is 0.660. The van der Waals surface area contributed by atoms with E-state index >= 15 is 0 Å². The molecule has 4 aliphatic heterocycles. The van der Waals surface area contributed by atoms with E-state index in [1.165, 1.54) is 12.1 Å². The maximum Gasteiger partial charge on any atom is 0.344 e. The van der Waals surface area contributed by atoms with Crippen molar-refractivity contribution in [2.24, 2.45) is 17.8 Å². The average Bonchev–Trinajstić information content (AvgIpc) is 3.41. The number of rotatable bonds is 22. The van der Waals surface area contributed by atoms with Crippen molar-refractivity contribution < 1.29 is 138 Å². The molecule has 0 amide bonds. The van der Waals surface area contributed by atoms with Gasteiger partial charge in [-0.15, -0.1) is 0 Å². The van der Waals surface area contributed by atoms with E-state index < -0.39 is 204 Å². The Bertz CT molecular complexity index is 2290. The number of ether oxygens (including phenoxy) is 11. The molecular weight excluding hydrogens is 1040 g/mol. The number of hydrogen-bond donors (Lipinski definition) is 15. The number of aliphatic hydroxyl groups is 9. The standard InChI is InChI=1S/C47H68N4O26/c1-18-31(50-2)23(33(56)28(10-52)74-18)13-68-46-38(61)35(58)25(40(76-46)44(65)72-16-70-42(63)21-8-19(48)4-6-26(21)54)12-67-15-30-32(51-3)24(34(57)29(11-53)75-30)14-69-47-39(62)36(59)37(60)41(77-47)45(66)73-17-71-43(64)22-9-20(49)5-7-27(22)55/h4-9,18,23-25,28-41,46-47,50-62H,10-17,48-49H2,1-3H3/p+2/t18-,23+,24+,25+,28?,29?,30-,31?,32?,33+,34+,35-,36-,37+,38?,39?,40?,41?,46+,47+/m0/s1. The van der Waals surface area contributed by atoms with Gasteiger partial charge in [0.05, 0.1) is 83.9 Å². The van der Waals surface area contributed by atoms with E-state index in [0.717, 1.165) is 24.3 Å². The van der Waals surface area contributed by atoms with Gasteiger partial charge in [-0.3, -0.25) is 0 Å². The number of quaternary nitrogens is 2. The van der Waals surface area contributed by atoms with Crippen LogP contribution in [0.2, 0.25) is 0 Å². The predicted molar refractivity (Wildman–Crippen MR) is 251 cm³/mol. The molecule has 0 spiro atoms. The van der Waals surface area contributed by atoms with Crippen LogP contribution in [0.1, 0.15) is 27.6 Å². The number of aromatic hydroxyl groups is 2. The van der Waals surface area contributed by atoms with E-state index in [2.05, 4.69) is 0 Å². The molecule has 2 aromatic carbocycles. The smallest absolute Gasteiger partial charge is 0.344 e. The first-order chi connectivity index (χ1) is 36.6. The highest BCUT2D eigenvalue weighted by molar-refractivity contribution is 5.94. The summed E-state index contributed by atoms with van der Waals surface area (Å²) < 4.78 is 60.9. The molecule has 0 aromatic heterocycles. The Hall–Kier alpha value is -5.20. The summed E-state index contributed by atoms with van der Waals surface area (Å²) in [4.78, 5) is 52.0. The van der Waals surface area contributed by atoms with Crippen LogP contribution in [0.15, 0.2) is 36.4 Å². The molecule has 4 fully saturated rings. The van der Waals surface area contributed by atoms with E-state index in [0.29, 0.717) is 0 Å². The highest BCUT2D eigenvalue weighted by Gasteiger charge is 2.53. The van der Waals surface area contributed by atoms with Crippen molar-refractivity contribution in [1.29, 1.82) is 0 Å². The van der Waals surface area contributed by atoms with Gasteiger partial charge in [-0.1, -0.05) is 0 Å². The number of nitrogen functional groups attached to an aromatic ring is 2. The molecule has 4 aliphatic rings. The zero-order chi connectivity index (χ0) is 56.4. The summed E-state index contributed by atoms with van der Waals surface area (Å²) in [6.45, 7) is -3.45. The summed E-state index contributed by atoms with van der Waals surface area (Å²) >= 11 is 0. The summed E-state index contributed by atoms with van der Waals surface area (Å²) in [6, 6.07) is 5.92. The fourth-order valence-corrected chi connectivity index (χ4v) is 9.75. The van der Waals surface area contributed by atoms with E-state index in [1.54, 1.807) is 31.7 Å². The number of likely N-dealkylation sites (N-methyl/N-ethyl adjacent to an activating group) is 2. The van der Waals surface area contributed by atoms with Crippen molar-refractivity contribution in [2.75, 3.05) is 78.8 Å². The normalized spacial score (nSPS) is 35.4. The molecule has 4 saturated heterocycles. The van der Waals surface area contributed by atoms with Crippen LogP contribution >= 0.6 is 0 Å². The van der Waals surface area contributed by atoms with Gasteiger partial charge in [-0.05, 0) is 43.3 Å². The second kappa shape index (κ2) is 27.6. The summed E-state index contributed by atoms with van der Waals surface area (Å²) in [5.41, 5.74) is 10.9. The lowest BCUT2D eigenvalue weighted by atomic mass is 9.84. The van der Waals surface area contributed by atoms with Gasteiger partial charge >= 0.3 is 23.9 Å². The quantitative estimate of drug-likeness (QED) is 0.0225. The van der Waals surface area contributed by atoms with Crippen molar-refractivity contribution >= 4 is 35.3 Å². The van der Waals surface area contributed by atoms with Crippen molar-refractivity contribution in [1.82, 2.24) is 0 Å². The van der Waals surface area contributed by atoms with Gasteiger partial charge in [-0.2, -0.15) is 0 Å². The van der Waals surface area contributed by atoms with Crippen molar-refractivity contribution in [3.63, 3.8) is 0 Å². The number of carbonyl (C=O) groups excluding carboxylic acids is 4. The van der Waals surface area contributed by atoms with Gasteiger partial charge in [0.15, 0.2) is 24.8 Å². The molecule has 0 saturated carbocycles. The largest absolute Gasteiger partial charge is 0.507 e. The van der Waals surface area contributed by atoms with Crippen LogP contribution in [0.4, 0.5) is 11.4 Å². The number of hydrogen-bond acceptors (Lipinski definition) is 28. The maximum atomic E-state index is 13.8. The number of carbonyl (C=O) groups is 4. The van der Waals surface area contributed by atoms with Crippen LogP contribution in [0, 0.1) is 17.8 Å². The van der Waals surface area contributed by atoms with Crippen LogP contribution < -0.4 is 22.1 Å². The molecule has 0 radical (unpaired) electrons. The Morgan fingerprint density at radius 1 is 0.532 bits per heavy atom. The number of anilines is 2. The second-order valence-electron chi connectivity index (χ2n) is 18.8. The van der Waals surface area contributed by atoms with E-state index in [9.17, 15) is 75.3 Å². The van der Waals surface area contributed by atoms with Gasteiger partial charge in [0.2, 0.25) is 13.6 Å². The highest BCUT2D eigenvalue weighted by atomic mass is 16.7. The Kier molecular flexibility index (Phi) is 21.9. The second-order valence-corrected chi connectivity index (χ2v) is 18.8. The lowest BCUT2D eigenvalue weighted by Gasteiger charge is -2.45. The third-order valence-corrected chi connectivity index (χ3v) is 14.0. The van der Waals surface area contributed by atoms with Gasteiger partial charge in [-0.25, -0.2) is 19.2 Å². The number of esters is 4. The molecule has 2 aromatic rings. The summed E-state index contributed by atoms with van der Waals surface area (Å²) in [6.07, 6.45) is -23.8. The Morgan fingerprint density at radius 3 is 1.51 bits per heavy atom. The third-order valence-electron chi connectivity index (χ3n) is 14.0. The van der Waals surface area contributed by atoms with Crippen LogP contribution in [0.3, 0.4) is 0 Å². The van der Waals surface area contributed by atoms with E-state index in [-0.39, 0.29) is 29.1 Å². The van der Waals surface area contributed by atoms with Gasteiger partial charge in [0.1, 0.15) is 83.5 Å². The van der Waals surface area contributed by atoms with E-state index in [1.807, 2.05) is 0 Å². The molecule has 0 bridgehead atoms. The highest BCUT2D eigenvalue weighted by Crippen LogP contribution is 2.33. The van der Waals surface area contributed by atoms with Crippen molar-refractivity contribution in [2.45, 2.75) is 111 Å². The lowest BCUT2D eigenvalue weighted by molar-refractivity contribution is -0.686. The van der Waals surface area contributed by atoms with Crippen molar-refractivity contribution in [3.05, 3.63) is 47.5 Å². The molecule has 30 nitrogen and oxygen atoms in total. The zero-order valence-corrected chi connectivity index (χ0v) is 42.0. The lowest BCUT2D eigenvalue weighted by Crippen LogP contribution is -2.93. The molecule has 30 heteroatoms. The van der Waals surface area contributed by atoms with Crippen LogP contribution in [-0.2, 0) is 61.7 Å². The Labute approximate surface area is 439 Å². The Balaban J connectivity index is 1.11. The average molecular weight is 1110 g/mol. The molecule has 20 atom stereocenters. The molecule has 77 heavy (non-hydrogen) atoms. The molecule has 4 heterocycles. The summed E-state index contributed by atoms with van der Waals surface area (Å²) in [7, 11) is 3.32. The zero-order valence-electron chi connectivity index (χ0n) is 42.0. The van der Waals surface area contributed by atoms with Gasteiger partial charge in [0, 0.05) is 17.3 Å². The minimum absolute atomic E-state index is 0.113. The maximum absolute atomic E-state index is 13.8. The first kappa shape index (κ1) is 61.0. The number of benzene rings is 2. The Morgan fingerprint density at radius 2 is 1.00 bits per heavy atom. The molecule has 6 rings (SSSR count). The molecule has 19 N–H and O–H groups in total. The number of phenols is 2. The minimum Gasteiger partial charge on any atom is -0.507 e. The van der Waals surface area contributed by atoms with E-state index in [4.69, 9.17) is 63.6 Å². The fourth-order valence-electron chi connectivity index (χ4n) is 9.75. The van der Waals surface area contributed by atoms with Crippen LogP contribution in [0.5, 0.6) is 11.5 Å². The van der Waals surface area contributed by atoms with Crippen LogP contribution in [0.25, 0.3) is 0 Å². The van der Waals surface area contributed by atoms with Crippen LogP contribution in [-0.4, -0.2) is 251 Å². The molecule has 8 unspecified atom stereocenters. The minimum atomic E-state index is -2.08. The first-order valence-corrected chi connectivity index (χ1v) is 24.5. The topological polar surface area (TPSA) is 478 Å². The van der Waals surface area contributed by atoms with Crippen molar-refractivity contribution in [3.8, 4) is 11.5 Å². The third kappa shape index (κ3) is 14.4. The number of nitrogens with two attached hydrogens (primary N) is 4. The monoisotopic (exact) mass is 1110 g/mol. The van der Waals surface area contributed by atoms with Gasteiger partial charge < -0.3 is 130 Å². The molecule has 0 aliphatic carbocycles. The first-order valence-electron chi connectivity index (χ1n) is 24.5. The number of aliphatic hydroxyl groups excluding tert-OH is 9. The SMILES string of the molecule is C[NH2+]C1[C@H](C)OC(CO)[C@H](O)[C@@H]1CO[C@@H]1OC(C(=O)OCOC(=O)c2cc(N)ccc2O)[C@H](COC[C@@H]2OC(CO)[C@H](O)[C@H](CO[C@@H]3OC(C(=O)OCOC(=O)c4cc(N)ccc4O)[C@H](O)[C@H](O)C3O)C2[NH2+]C)[C@H](O)C1O. The summed E-state index contributed by atoms with van der Waals surface area (Å²) in [5.74, 6) is -9.03.